The Hall–Kier alpha value is -4.21. The van der Waals surface area contributed by atoms with Gasteiger partial charge in [-0.25, -0.2) is 19.2 Å². The average Bonchev–Trinajstić information content (AvgIpc) is 3.81. The highest BCUT2D eigenvalue weighted by Crippen LogP contribution is 2.38. The van der Waals surface area contributed by atoms with Crippen molar-refractivity contribution in [2.75, 3.05) is 0 Å². The second-order valence-corrected chi connectivity index (χ2v) is 9.47. The Bertz CT molecular complexity index is 1570. The van der Waals surface area contributed by atoms with Crippen molar-refractivity contribution in [2.45, 2.75) is 50.7 Å². The second-order valence-electron chi connectivity index (χ2n) is 9.47. The van der Waals surface area contributed by atoms with E-state index in [1.807, 2.05) is 16.8 Å². The number of fused-ring (bicyclic) bond motifs is 1. The molecule has 3 heterocycles. The van der Waals surface area contributed by atoms with E-state index in [-0.39, 0.29) is 11.1 Å². The normalized spacial score (nSPS) is 16.2. The summed E-state index contributed by atoms with van der Waals surface area (Å²) >= 11 is 0. The van der Waals surface area contributed by atoms with Gasteiger partial charge >= 0.3 is 5.69 Å². The minimum absolute atomic E-state index is 0.0197. The summed E-state index contributed by atoms with van der Waals surface area (Å²) in [6.07, 6.45) is 8.82. The maximum atomic E-state index is 14.3. The Labute approximate surface area is 205 Å². The zero-order chi connectivity index (χ0) is 25.0. The first-order valence-electron chi connectivity index (χ1n) is 11.9. The number of carbonyl (C=O) groups is 2. The third-order valence-electron chi connectivity index (χ3n) is 6.69. The number of aromatic nitrogens is 5. The summed E-state index contributed by atoms with van der Waals surface area (Å²) in [7, 11) is 0. The lowest BCUT2D eigenvalue weighted by Crippen LogP contribution is -2.43. The van der Waals surface area contributed by atoms with Crippen LogP contribution in [0.2, 0.25) is 0 Å². The molecule has 1 aromatic carbocycles. The molecule has 0 bridgehead atoms. The smallest absolute Gasteiger partial charge is 0.329 e. The molecule has 1 unspecified atom stereocenters. The van der Waals surface area contributed by atoms with E-state index >= 15 is 0 Å². The molecule has 3 aromatic heterocycles. The first-order valence-corrected chi connectivity index (χ1v) is 11.9. The molecule has 1 atom stereocenters. The van der Waals surface area contributed by atoms with Crippen molar-refractivity contribution in [2.24, 2.45) is 0 Å². The summed E-state index contributed by atoms with van der Waals surface area (Å²) in [5.41, 5.74) is 0.374. The summed E-state index contributed by atoms with van der Waals surface area (Å²) in [6.45, 7) is 1.58. The third-order valence-corrected chi connectivity index (χ3v) is 6.69. The molecular weight excluding hydrogens is 463 g/mol. The first-order chi connectivity index (χ1) is 17.4. The SMILES string of the molecule is Cc1ccc(C(=O)C(NC(=O)c2cnc(C3CC3)nc2)n2cc3ccn(C4CC4)c3nc2=O)cc1F. The number of hydrogen-bond donors (Lipinski definition) is 1. The number of ketones is 1. The fraction of sp³-hybridized carbons (Fsp3) is 0.308. The highest BCUT2D eigenvalue weighted by Gasteiger charge is 2.30. The van der Waals surface area contributed by atoms with Crippen molar-refractivity contribution in [3.8, 4) is 0 Å². The van der Waals surface area contributed by atoms with Crippen LogP contribution in [0.5, 0.6) is 0 Å². The van der Waals surface area contributed by atoms with Crippen LogP contribution in [0.4, 0.5) is 4.39 Å². The number of hydrogen-bond acceptors (Lipinski definition) is 6. The van der Waals surface area contributed by atoms with E-state index in [1.165, 1.54) is 30.7 Å². The molecule has 1 amide bonds. The third kappa shape index (κ3) is 4.08. The summed E-state index contributed by atoms with van der Waals surface area (Å²) in [5, 5.41) is 3.27. The molecule has 1 N–H and O–H groups in total. The fourth-order valence-electron chi connectivity index (χ4n) is 4.24. The van der Waals surface area contributed by atoms with Crippen molar-refractivity contribution in [3.05, 3.63) is 87.9 Å². The van der Waals surface area contributed by atoms with Gasteiger partial charge in [-0.1, -0.05) is 12.1 Å². The Kier molecular flexibility index (Phi) is 5.24. The highest BCUT2D eigenvalue weighted by molar-refractivity contribution is 6.03. The predicted octanol–water partition coefficient (Wildman–Crippen LogP) is 3.46. The molecule has 9 nitrogen and oxygen atoms in total. The first kappa shape index (κ1) is 22.3. The molecule has 6 rings (SSSR count). The number of halogens is 1. The van der Waals surface area contributed by atoms with Gasteiger partial charge in [0.1, 0.15) is 17.3 Å². The topological polar surface area (TPSA) is 112 Å². The Morgan fingerprint density at radius 2 is 1.83 bits per heavy atom. The molecule has 2 aliphatic rings. The van der Waals surface area contributed by atoms with Crippen LogP contribution in [0.25, 0.3) is 11.0 Å². The molecule has 182 valence electrons. The van der Waals surface area contributed by atoms with Crippen LogP contribution in [0, 0.1) is 12.7 Å². The van der Waals surface area contributed by atoms with Crippen molar-refractivity contribution in [3.63, 3.8) is 0 Å². The minimum Gasteiger partial charge on any atom is -0.329 e. The molecule has 36 heavy (non-hydrogen) atoms. The molecule has 2 saturated carbocycles. The molecule has 2 aliphatic carbocycles. The van der Waals surface area contributed by atoms with Crippen molar-refractivity contribution < 1.29 is 14.0 Å². The van der Waals surface area contributed by atoms with E-state index in [0.29, 0.717) is 34.4 Å². The van der Waals surface area contributed by atoms with E-state index in [4.69, 9.17) is 0 Å². The molecule has 0 radical (unpaired) electrons. The predicted molar refractivity (Wildman–Crippen MR) is 128 cm³/mol. The molecule has 4 aromatic rings. The number of rotatable bonds is 7. The van der Waals surface area contributed by atoms with Crippen LogP contribution >= 0.6 is 0 Å². The molecule has 0 spiro atoms. The van der Waals surface area contributed by atoms with Crippen LogP contribution in [0.15, 0.2) is 53.8 Å². The van der Waals surface area contributed by atoms with Crippen LogP contribution in [-0.2, 0) is 0 Å². The van der Waals surface area contributed by atoms with Gasteiger partial charge in [0.15, 0.2) is 6.17 Å². The largest absolute Gasteiger partial charge is 0.351 e. The molecule has 0 saturated heterocycles. The number of Topliss-reactive ketones (excluding diaryl/α,β-unsaturated/α-hetero) is 1. The fourth-order valence-corrected chi connectivity index (χ4v) is 4.24. The number of amides is 1. The maximum absolute atomic E-state index is 14.3. The zero-order valence-corrected chi connectivity index (χ0v) is 19.5. The van der Waals surface area contributed by atoms with Gasteiger partial charge in [-0.2, -0.15) is 4.98 Å². The molecule has 2 fully saturated rings. The van der Waals surface area contributed by atoms with Crippen molar-refractivity contribution >= 4 is 22.7 Å². The van der Waals surface area contributed by atoms with Gasteiger partial charge in [0, 0.05) is 47.7 Å². The van der Waals surface area contributed by atoms with Gasteiger partial charge in [-0.05, 0) is 50.3 Å². The van der Waals surface area contributed by atoms with Gasteiger partial charge in [-0.3, -0.25) is 14.2 Å². The van der Waals surface area contributed by atoms with Crippen LogP contribution < -0.4 is 11.0 Å². The summed E-state index contributed by atoms with van der Waals surface area (Å²) in [6, 6.07) is 6.18. The van der Waals surface area contributed by atoms with Gasteiger partial charge in [-0.15, -0.1) is 0 Å². The summed E-state index contributed by atoms with van der Waals surface area (Å²) < 4.78 is 17.3. The number of benzene rings is 1. The zero-order valence-electron chi connectivity index (χ0n) is 19.5. The summed E-state index contributed by atoms with van der Waals surface area (Å²) in [5.74, 6) is -0.835. The Balaban J connectivity index is 1.38. The number of carbonyl (C=O) groups excluding carboxylic acids is 2. The van der Waals surface area contributed by atoms with Gasteiger partial charge in [0.25, 0.3) is 5.91 Å². The Morgan fingerprint density at radius 1 is 1.08 bits per heavy atom. The van der Waals surface area contributed by atoms with Crippen molar-refractivity contribution in [1.82, 2.24) is 29.4 Å². The van der Waals surface area contributed by atoms with E-state index < -0.39 is 29.4 Å². The van der Waals surface area contributed by atoms with Crippen LogP contribution in [-0.4, -0.2) is 35.8 Å². The lowest BCUT2D eigenvalue weighted by Gasteiger charge is -2.20. The van der Waals surface area contributed by atoms with Crippen molar-refractivity contribution in [1.29, 1.82) is 0 Å². The maximum Gasteiger partial charge on any atom is 0.351 e. The monoisotopic (exact) mass is 486 g/mol. The lowest BCUT2D eigenvalue weighted by atomic mass is 10.1. The minimum atomic E-state index is -1.45. The number of nitrogens with zero attached hydrogens (tertiary/aromatic N) is 5. The Morgan fingerprint density at radius 3 is 2.50 bits per heavy atom. The van der Waals surface area contributed by atoms with Crippen LogP contribution in [0.3, 0.4) is 0 Å². The summed E-state index contributed by atoms with van der Waals surface area (Å²) in [4.78, 5) is 52.5. The standard InChI is InChI=1S/C26H23FN6O3/c1-14-2-3-16(10-20(14)27)21(34)24(30-25(35)18-11-28-22(29-12-18)15-4-5-15)33-13-17-8-9-32(19-6-7-19)23(17)31-26(33)36/h2-3,8-13,15,19,24H,4-7H2,1H3,(H,30,35). The van der Waals surface area contributed by atoms with Gasteiger partial charge in [0.05, 0.1) is 5.56 Å². The lowest BCUT2D eigenvalue weighted by molar-refractivity contribution is 0.0812. The van der Waals surface area contributed by atoms with Crippen LogP contribution in [0.1, 0.15) is 75.9 Å². The average molecular weight is 487 g/mol. The second kappa shape index (κ2) is 8.47. The molecule has 10 heteroatoms. The van der Waals surface area contributed by atoms with Gasteiger partial charge < -0.3 is 9.88 Å². The van der Waals surface area contributed by atoms with E-state index in [0.717, 1.165) is 36.3 Å². The van der Waals surface area contributed by atoms with E-state index in [2.05, 4.69) is 20.3 Å². The highest BCUT2D eigenvalue weighted by atomic mass is 19.1. The quantitative estimate of drug-likeness (QED) is 0.401. The van der Waals surface area contributed by atoms with E-state index in [1.54, 1.807) is 6.92 Å². The van der Waals surface area contributed by atoms with E-state index in [9.17, 15) is 18.8 Å². The molecular formula is C26H23FN6O3. The molecule has 0 aliphatic heterocycles. The number of nitrogens with one attached hydrogen (secondary N) is 1. The number of aryl methyl sites for hydroxylation is 1. The van der Waals surface area contributed by atoms with Gasteiger partial charge in [0.2, 0.25) is 5.78 Å².